The summed E-state index contributed by atoms with van der Waals surface area (Å²) in [5.74, 6) is -0.0336. The quantitative estimate of drug-likeness (QED) is 0.0769. The third kappa shape index (κ3) is 15.1. The largest absolute Gasteiger partial charge is 0.529 e. The molecule has 0 radical (unpaired) electrons. The first-order chi connectivity index (χ1) is 15.8. The normalized spacial score (nSPS) is 19.8. The fraction of sp³-hybridized carbons (Fsp3) is 0.900. The predicted molar refractivity (Wildman–Crippen MR) is 139 cm³/mol. The van der Waals surface area contributed by atoms with Gasteiger partial charge in [-0.1, -0.05) is 27.7 Å². The smallest absolute Gasteiger partial charge is 0.405 e. The first-order valence-corrected chi connectivity index (χ1v) is 15.9. The standard InChI is InChI=1S/C20H38Cl4O8P2/c1-7-17(21)11-27-33(25,28-12-18(22)8-2)31-15(5)16(6)32-34(26,29-13-19(23)9-3)30-14-20(24)10-4/h17-20H,7-14H2,1-6H3/b16-15+. The van der Waals surface area contributed by atoms with Gasteiger partial charge in [0.25, 0.3) is 0 Å². The van der Waals surface area contributed by atoms with E-state index in [9.17, 15) is 9.13 Å². The highest BCUT2D eigenvalue weighted by Gasteiger charge is 2.34. The van der Waals surface area contributed by atoms with Crippen LogP contribution in [0.25, 0.3) is 0 Å². The Hall–Kier alpha value is 0.800. The molecule has 0 rings (SSSR count). The molecule has 0 aliphatic carbocycles. The molecule has 204 valence electrons. The third-order valence-corrected chi connectivity index (χ3v) is 9.01. The molecule has 0 heterocycles. The second kappa shape index (κ2) is 18.1. The van der Waals surface area contributed by atoms with Gasteiger partial charge in [-0.25, -0.2) is 9.13 Å². The van der Waals surface area contributed by atoms with Gasteiger partial charge in [-0.3, -0.25) is 18.1 Å². The molecule has 0 saturated heterocycles. The Bertz CT molecular complexity index is 605. The van der Waals surface area contributed by atoms with E-state index in [0.29, 0.717) is 25.7 Å². The topological polar surface area (TPSA) is 89.5 Å². The van der Waals surface area contributed by atoms with Crippen molar-refractivity contribution in [2.45, 2.75) is 88.7 Å². The lowest BCUT2D eigenvalue weighted by molar-refractivity contribution is 0.117. The molecule has 0 amide bonds. The molecule has 0 spiro atoms. The number of halogens is 4. The molecule has 34 heavy (non-hydrogen) atoms. The van der Waals surface area contributed by atoms with Crippen LogP contribution in [0.5, 0.6) is 0 Å². The molecule has 0 bridgehead atoms. The molecule has 0 aliphatic heterocycles. The minimum absolute atomic E-state index is 0.0168. The lowest BCUT2D eigenvalue weighted by Gasteiger charge is -2.24. The maximum absolute atomic E-state index is 13.2. The minimum Gasteiger partial charge on any atom is -0.405 e. The van der Waals surface area contributed by atoms with Gasteiger partial charge in [0.15, 0.2) is 0 Å². The molecular weight excluding hydrogens is 572 g/mol. The molecule has 8 nitrogen and oxygen atoms in total. The Balaban J connectivity index is 5.60. The summed E-state index contributed by atoms with van der Waals surface area (Å²) in [6.45, 7) is 10.0. The van der Waals surface area contributed by atoms with Crippen molar-refractivity contribution in [1.82, 2.24) is 0 Å². The van der Waals surface area contributed by atoms with Crippen molar-refractivity contribution < 1.29 is 36.3 Å². The monoisotopic (exact) mass is 608 g/mol. The van der Waals surface area contributed by atoms with Gasteiger partial charge in [-0.15, -0.1) is 46.4 Å². The van der Waals surface area contributed by atoms with Gasteiger partial charge in [-0.05, 0) is 39.5 Å². The minimum atomic E-state index is -4.12. The first kappa shape index (κ1) is 34.8. The average Bonchev–Trinajstić information content (AvgIpc) is 2.82. The Morgan fingerprint density at radius 3 is 0.941 bits per heavy atom. The molecule has 0 saturated carbocycles. The molecular formula is C20H38Cl4O8P2. The van der Waals surface area contributed by atoms with Crippen LogP contribution in [0.3, 0.4) is 0 Å². The van der Waals surface area contributed by atoms with E-state index in [1.54, 1.807) is 0 Å². The van der Waals surface area contributed by atoms with Gasteiger partial charge in [-0.2, -0.15) is 0 Å². The second-order valence-electron chi connectivity index (χ2n) is 7.39. The molecule has 0 fully saturated rings. The zero-order valence-electron chi connectivity index (χ0n) is 20.6. The maximum atomic E-state index is 13.2. The van der Waals surface area contributed by atoms with Crippen LogP contribution in [0.4, 0.5) is 0 Å². The van der Waals surface area contributed by atoms with Gasteiger partial charge < -0.3 is 9.05 Å². The predicted octanol–water partition coefficient (Wildman–Crippen LogP) is 8.62. The Morgan fingerprint density at radius 2 is 0.765 bits per heavy atom. The van der Waals surface area contributed by atoms with Crippen LogP contribution in [0.2, 0.25) is 0 Å². The Kier molecular flexibility index (Phi) is 18.5. The molecule has 0 aromatic carbocycles. The van der Waals surface area contributed by atoms with Crippen molar-refractivity contribution in [2.24, 2.45) is 0 Å². The van der Waals surface area contributed by atoms with Crippen LogP contribution in [0.15, 0.2) is 11.5 Å². The number of allylic oxidation sites excluding steroid dienone is 2. The highest BCUT2D eigenvalue weighted by atomic mass is 35.5. The molecule has 0 aromatic heterocycles. The van der Waals surface area contributed by atoms with Gasteiger partial charge in [0, 0.05) is 0 Å². The van der Waals surface area contributed by atoms with E-state index < -0.39 is 37.2 Å². The first-order valence-electron chi connectivity index (χ1n) is 11.2. The number of phosphoric acid groups is 2. The number of hydrogen-bond donors (Lipinski definition) is 0. The maximum Gasteiger partial charge on any atom is 0.529 e. The van der Waals surface area contributed by atoms with Crippen molar-refractivity contribution in [1.29, 1.82) is 0 Å². The highest BCUT2D eigenvalue weighted by Crippen LogP contribution is 2.55. The van der Waals surface area contributed by atoms with Crippen LogP contribution in [0.1, 0.15) is 67.2 Å². The van der Waals surface area contributed by atoms with Crippen molar-refractivity contribution in [3.05, 3.63) is 11.5 Å². The molecule has 4 atom stereocenters. The third-order valence-electron chi connectivity index (χ3n) is 4.42. The average molecular weight is 610 g/mol. The van der Waals surface area contributed by atoms with Gasteiger partial charge in [0.05, 0.1) is 47.9 Å². The summed E-state index contributed by atoms with van der Waals surface area (Å²) in [5, 5.41) is -1.59. The second-order valence-corrected chi connectivity index (χ2v) is 13.1. The van der Waals surface area contributed by atoms with Gasteiger partial charge in [0.1, 0.15) is 11.5 Å². The van der Waals surface area contributed by atoms with E-state index >= 15 is 0 Å². The molecule has 0 N–H and O–H groups in total. The van der Waals surface area contributed by atoms with Crippen LogP contribution in [-0.2, 0) is 36.3 Å². The summed E-state index contributed by atoms with van der Waals surface area (Å²) in [7, 11) is -8.24. The summed E-state index contributed by atoms with van der Waals surface area (Å²) in [6, 6.07) is 0. The van der Waals surface area contributed by atoms with E-state index in [1.807, 2.05) is 27.7 Å². The van der Waals surface area contributed by atoms with Crippen LogP contribution in [0, 0.1) is 0 Å². The van der Waals surface area contributed by atoms with Crippen molar-refractivity contribution in [2.75, 3.05) is 26.4 Å². The van der Waals surface area contributed by atoms with E-state index in [-0.39, 0.29) is 37.9 Å². The lowest BCUT2D eigenvalue weighted by Crippen LogP contribution is -2.14. The number of phosphoric ester groups is 2. The fourth-order valence-corrected chi connectivity index (χ4v) is 5.15. The van der Waals surface area contributed by atoms with Crippen LogP contribution in [-0.4, -0.2) is 47.9 Å². The molecule has 14 heteroatoms. The summed E-state index contributed by atoms with van der Waals surface area (Å²) in [6.07, 6.45) is 2.34. The van der Waals surface area contributed by atoms with Crippen molar-refractivity contribution >= 4 is 62.0 Å². The van der Waals surface area contributed by atoms with E-state index in [4.69, 9.17) is 73.5 Å². The summed E-state index contributed by atoms with van der Waals surface area (Å²) in [5.41, 5.74) is 0. The van der Waals surface area contributed by atoms with Crippen LogP contribution < -0.4 is 0 Å². The van der Waals surface area contributed by atoms with Crippen molar-refractivity contribution in [3.63, 3.8) is 0 Å². The summed E-state index contributed by atoms with van der Waals surface area (Å²) >= 11 is 24.3. The lowest BCUT2D eigenvalue weighted by atomic mass is 10.4. The number of rotatable bonds is 20. The fourth-order valence-electron chi connectivity index (χ4n) is 1.80. The zero-order valence-corrected chi connectivity index (χ0v) is 25.5. The Morgan fingerprint density at radius 1 is 0.559 bits per heavy atom. The highest BCUT2D eigenvalue weighted by molar-refractivity contribution is 7.49. The molecule has 4 unspecified atom stereocenters. The van der Waals surface area contributed by atoms with Gasteiger partial charge in [0.2, 0.25) is 0 Å². The van der Waals surface area contributed by atoms with E-state index in [1.165, 1.54) is 13.8 Å². The van der Waals surface area contributed by atoms with Crippen molar-refractivity contribution in [3.8, 4) is 0 Å². The van der Waals surface area contributed by atoms with E-state index in [2.05, 4.69) is 0 Å². The SMILES string of the molecule is CCC(Cl)COP(=O)(OCC(Cl)CC)O/C(C)=C(\C)OP(=O)(OCC(Cl)CC)OCC(Cl)CC. The molecule has 0 aliphatic rings. The Labute approximate surface area is 224 Å². The summed E-state index contributed by atoms with van der Waals surface area (Å²) in [4.78, 5) is 0. The zero-order chi connectivity index (χ0) is 26.4. The number of hydrogen-bond acceptors (Lipinski definition) is 8. The van der Waals surface area contributed by atoms with E-state index in [0.717, 1.165) is 0 Å². The summed E-state index contributed by atoms with van der Waals surface area (Å²) < 4.78 is 58.9. The van der Waals surface area contributed by atoms with Crippen LogP contribution >= 0.6 is 62.0 Å². The molecule has 0 aromatic rings. The van der Waals surface area contributed by atoms with Gasteiger partial charge >= 0.3 is 15.6 Å². The number of alkyl halides is 4.